The van der Waals surface area contributed by atoms with Crippen LogP contribution in [0.5, 0.6) is 0 Å². The fourth-order valence-electron chi connectivity index (χ4n) is 2.32. The standard InChI is InChI=1S/C21H17NOS/c23-16-15-19(17-9-3-1-4-10-17)22-20-13-7-8-14-21(20)24-18-11-5-2-6-12-18/h1-16,22H/b19-15-. The molecule has 0 radical (unpaired) electrons. The lowest BCUT2D eigenvalue weighted by Crippen LogP contribution is -2.00. The summed E-state index contributed by atoms with van der Waals surface area (Å²) in [7, 11) is 0. The van der Waals surface area contributed by atoms with Gasteiger partial charge in [-0.3, -0.25) is 4.79 Å². The van der Waals surface area contributed by atoms with Crippen molar-refractivity contribution in [2.24, 2.45) is 0 Å². The van der Waals surface area contributed by atoms with E-state index in [0.717, 1.165) is 28.1 Å². The maximum atomic E-state index is 11.0. The van der Waals surface area contributed by atoms with Crippen molar-refractivity contribution in [3.8, 4) is 0 Å². The molecule has 0 fully saturated rings. The highest BCUT2D eigenvalue weighted by Gasteiger charge is 2.07. The minimum atomic E-state index is 0.784. The minimum absolute atomic E-state index is 0.784. The number of allylic oxidation sites excluding steroid dienone is 1. The Labute approximate surface area is 146 Å². The van der Waals surface area contributed by atoms with E-state index in [1.807, 2.05) is 66.7 Å². The van der Waals surface area contributed by atoms with Gasteiger partial charge < -0.3 is 5.32 Å². The van der Waals surface area contributed by atoms with E-state index in [1.54, 1.807) is 17.8 Å². The van der Waals surface area contributed by atoms with Crippen molar-refractivity contribution < 1.29 is 4.79 Å². The van der Waals surface area contributed by atoms with Crippen LogP contribution in [0.4, 0.5) is 5.69 Å². The molecule has 0 unspecified atom stereocenters. The smallest absolute Gasteiger partial charge is 0.144 e. The Kier molecular flexibility index (Phi) is 5.48. The average Bonchev–Trinajstić information content (AvgIpc) is 2.64. The highest BCUT2D eigenvalue weighted by molar-refractivity contribution is 7.99. The van der Waals surface area contributed by atoms with Crippen LogP contribution in [0, 0.1) is 0 Å². The molecule has 0 spiro atoms. The topological polar surface area (TPSA) is 29.1 Å². The van der Waals surface area contributed by atoms with E-state index in [9.17, 15) is 4.79 Å². The molecule has 0 aliphatic rings. The zero-order valence-corrected chi connectivity index (χ0v) is 13.9. The number of carbonyl (C=O) groups excluding carboxylic acids is 1. The van der Waals surface area contributed by atoms with Gasteiger partial charge in [-0.1, -0.05) is 72.4 Å². The molecule has 0 bridgehead atoms. The molecule has 0 amide bonds. The molecule has 3 rings (SSSR count). The van der Waals surface area contributed by atoms with Crippen molar-refractivity contribution in [2.45, 2.75) is 9.79 Å². The first-order valence-electron chi connectivity index (χ1n) is 7.66. The van der Waals surface area contributed by atoms with Crippen LogP contribution in [-0.4, -0.2) is 6.29 Å². The molecule has 118 valence electrons. The van der Waals surface area contributed by atoms with E-state index in [2.05, 4.69) is 23.5 Å². The van der Waals surface area contributed by atoms with Gasteiger partial charge >= 0.3 is 0 Å². The summed E-state index contributed by atoms with van der Waals surface area (Å²) in [6, 6.07) is 28.2. The Morgan fingerprint density at radius 1 is 0.792 bits per heavy atom. The highest BCUT2D eigenvalue weighted by Crippen LogP contribution is 2.34. The van der Waals surface area contributed by atoms with E-state index >= 15 is 0 Å². The normalized spacial score (nSPS) is 11.1. The molecule has 3 aromatic rings. The summed E-state index contributed by atoms with van der Waals surface area (Å²) in [4.78, 5) is 13.3. The third-order valence-electron chi connectivity index (χ3n) is 3.45. The van der Waals surface area contributed by atoms with Crippen molar-refractivity contribution in [1.29, 1.82) is 0 Å². The second-order valence-corrected chi connectivity index (χ2v) is 6.23. The summed E-state index contributed by atoms with van der Waals surface area (Å²) in [6.07, 6.45) is 2.36. The van der Waals surface area contributed by atoms with Gasteiger partial charge in [-0.2, -0.15) is 0 Å². The number of benzene rings is 3. The molecule has 0 aliphatic heterocycles. The van der Waals surface area contributed by atoms with E-state index < -0.39 is 0 Å². The summed E-state index contributed by atoms with van der Waals surface area (Å²) in [6.45, 7) is 0. The number of carbonyl (C=O) groups is 1. The first-order valence-corrected chi connectivity index (χ1v) is 8.48. The lowest BCUT2D eigenvalue weighted by atomic mass is 10.1. The second kappa shape index (κ2) is 8.18. The molecular formula is C21H17NOS. The lowest BCUT2D eigenvalue weighted by Gasteiger charge is -2.14. The predicted octanol–water partition coefficient (Wildman–Crippen LogP) is 5.49. The highest BCUT2D eigenvalue weighted by atomic mass is 32.2. The number of aldehydes is 1. The minimum Gasteiger partial charge on any atom is -0.354 e. The van der Waals surface area contributed by atoms with Crippen LogP contribution in [0.3, 0.4) is 0 Å². The second-order valence-electron chi connectivity index (χ2n) is 5.12. The fraction of sp³-hybridized carbons (Fsp3) is 0. The molecule has 3 aromatic carbocycles. The molecular weight excluding hydrogens is 314 g/mol. The van der Waals surface area contributed by atoms with Gasteiger partial charge in [0.1, 0.15) is 6.29 Å². The Balaban J connectivity index is 1.89. The Bertz CT molecular complexity index is 829. The van der Waals surface area contributed by atoms with E-state index in [0.29, 0.717) is 0 Å². The van der Waals surface area contributed by atoms with E-state index in [1.165, 1.54) is 4.90 Å². The van der Waals surface area contributed by atoms with Crippen LogP contribution in [-0.2, 0) is 4.79 Å². The molecule has 3 heteroatoms. The van der Waals surface area contributed by atoms with Gasteiger partial charge in [0.05, 0.1) is 5.69 Å². The van der Waals surface area contributed by atoms with Crippen molar-refractivity contribution in [3.05, 3.63) is 96.6 Å². The predicted molar refractivity (Wildman–Crippen MR) is 101 cm³/mol. The summed E-state index contributed by atoms with van der Waals surface area (Å²) < 4.78 is 0. The van der Waals surface area contributed by atoms with E-state index in [-0.39, 0.29) is 0 Å². The van der Waals surface area contributed by atoms with Crippen LogP contribution >= 0.6 is 11.8 Å². The van der Waals surface area contributed by atoms with Crippen molar-refractivity contribution in [3.63, 3.8) is 0 Å². The van der Waals surface area contributed by atoms with Crippen molar-refractivity contribution in [2.75, 3.05) is 5.32 Å². The van der Waals surface area contributed by atoms with Gasteiger partial charge in [0.25, 0.3) is 0 Å². The van der Waals surface area contributed by atoms with Crippen LogP contribution in [0.15, 0.2) is 101 Å². The Morgan fingerprint density at radius 2 is 1.42 bits per heavy atom. The molecule has 0 heterocycles. The monoisotopic (exact) mass is 331 g/mol. The lowest BCUT2D eigenvalue weighted by molar-refractivity contribution is -0.104. The van der Waals surface area contributed by atoms with Gasteiger partial charge in [0.15, 0.2) is 0 Å². The first-order chi connectivity index (χ1) is 11.9. The quantitative estimate of drug-likeness (QED) is 0.478. The molecule has 0 aromatic heterocycles. The fourth-order valence-corrected chi connectivity index (χ4v) is 3.24. The van der Waals surface area contributed by atoms with Crippen LogP contribution in [0.25, 0.3) is 5.70 Å². The molecule has 24 heavy (non-hydrogen) atoms. The molecule has 0 saturated heterocycles. The summed E-state index contributed by atoms with van der Waals surface area (Å²) in [5, 5.41) is 3.39. The molecule has 2 nitrogen and oxygen atoms in total. The summed E-state index contributed by atoms with van der Waals surface area (Å²) in [5.41, 5.74) is 2.74. The van der Waals surface area contributed by atoms with Crippen LogP contribution in [0.2, 0.25) is 0 Å². The zero-order valence-electron chi connectivity index (χ0n) is 13.1. The summed E-state index contributed by atoms with van der Waals surface area (Å²) in [5.74, 6) is 0. The number of hydrogen-bond acceptors (Lipinski definition) is 3. The third kappa shape index (κ3) is 4.15. The zero-order chi connectivity index (χ0) is 16.6. The summed E-state index contributed by atoms with van der Waals surface area (Å²) >= 11 is 1.69. The van der Waals surface area contributed by atoms with Gasteiger partial charge in [0, 0.05) is 21.6 Å². The molecule has 0 saturated carbocycles. The van der Waals surface area contributed by atoms with Crippen LogP contribution in [0.1, 0.15) is 5.56 Å². The first kappa shape index (κ1) is 16.1. The van der Waals surface area contributed by atoms with Crippen molar-refractivity contribution >= 4 is 29.4 Å². The van der Waals surface area contributed by atoms with Gasteiger partial charge in [-0.05, 0) is 29.8 Å². The maximum Gasteiger partial charge on any atom is 0.144 e. The van der Waals surface area contributed by atoms with Gasteiger partial charge in [-0.15, -0.1) is 0 Å². The maximum absolute atomic E-state index is 11.0. The largest absolute Gasteiger partial charge is 0.354 e. The van der Waals surface area contributed by atoms with Gasteiger partial charge in [-0.25, -0.2) is 0 Å². The number of anilines is 1. The third-order valence-corrected chi connectivity index (χ3v) is 4.53. The molecule has 0 aliphatic carbocycles. The number of para-hydroxylation sites is 1. The van der Waals surface area contributed by atoms with Gasteiger partial charge in [0.2, 0.25) is 0 Å². The van der Waals surface area contributed by atoms with Crippen LogP contribution < -0.4 is 5.32 Å². The molecule has 0 atom stereocenters. The Hall–Kier alpha value is -2.78. The SMILES string of the molecule is O=C/C=C(\Nc1ccccc1Sc1ccccc1)c1ccccc1. The molecule has 1 N–H and O–H groups in total. The number of hydrogen-bond donors (Lipinski definition) is 1. The van der Waals surface area contributed by atoms with E-state index in [4.69, 9.17) is 0 Å². The van der Waals surface area contributed by atoms with Crippen molar-refractivity contribution in [1.82, 2.24) is 0 Å². The number of nitrogens with one attached hydrogen (secondary N) is 1. The average molecular weight is 331 g/mol. The Morgan fingerprint density at radius 3 is 2.12 bits per heavy atom. The number of rotatable bonds is 6.